The molecule has 2 amide bonds. The molecule has 1 atom stereocenters. The molecular weight excluding hydrogens is 388 g/mol. The average Bonchev–Trinajstić information content (AvgIpc) is 3.19. The van der Waals surface area contributed by atoms with Crippen LogP contribution in [0, 0.1) is 11.3 Å². The van der Waals surface area contributed by atoms with Gasteiger partial charge < -0.3 is 15.6 Å². The second-order valence-corrected chi connectivity index (χ2v) is 7.42. The van der Waals surface area contributed by atoms with E-state index in [2.05, 4.69) is 15.6 Å². The quantitative estimate of drug-likeness (QED) is 0.408. The fraction of sp³-hybridized carbons (Fsp3) is 0.160. The highest BCUT2D eigenvalue weighted by Crippen LogP contribution is 2.19. The van der Waals surface area contributed by atoms with Crippen molar-refractivity contribution in [3.8, 4) is 6.07 Å². The van der Waals surface area contributed by atoms with Crippen molar-refractivity contribution in [3.05, 3.63) is 84.1 Å². The average molecular weight is 410 g/mol. The first-order valence-electron chi connectivity index (χ1n) is 10.1. The number of hydrogen-bond donors (Lipinski definition) is 3. The van der Waals surface area contributed by atoms with E-state index in [1.165, 1.54) is 0 Å². The molecular formula is C25H22N4O2. The Morgan fingerprint density at radius 2 is 1.77 bits per heavy atom. The number of benzene rings is 3. The van der Waals surface area contributed by atoms with Crippen LogP contribution in [0.2, 0.25) is 0 Å². The number of hydrogen-bond acceptors (Lipinski definition) is 3. The number of carbonyl (C=O) groups excluding carboxylic acids is 2. The number of carbonyl (C=O) groups is 2. The minimum atomic E-state index is -0.771. The van der Waals surface area contributed by atoms with Crippen molar-refractivity contribution in [2.24, 2.45) is 0 Å². The number of nitrogens with zero attached hydrogens (tertiary/aromatic N) is 1. The molecule has 0 saturated carbocycles. The molecule has 0 spiro atoms. The maximum Gasteiger partial charge on any atom is 0.243 e. The van der Waals surface area contributed by atoms with E-state index in [0.717, 1.165) is 32.8 Å². The topological polar surface area (TPSA) is 97.8 Å². The summed E-state index contributed by atoms with van der Waals surface area (Å²) in [5, 5.41) is 17.4. The van der Waals surface area contributed by atoms with E-state index in [4.69, 9.17) is 5.26 Å². The Balaban J connectivity index is 1.51. The first-order valence-corrected chi connectivity index (χ1v) is 10.1. The van der Waals surface area contributed by atoms with Gasteiger partial charge in [0.2, 0.25) is 11.8 Å². The molecule has 4 rings (SSSR count). The number of nitriles is 1. The fourth-order valence-corrected chi connectivity index (χ4v) is 3.76. The highest BCUT2D eigenvalue weighted by atomic mass is 16.2. The van der Waals surface area contributed by atoms with Gasteiger partial charge in [0.15, 0.2) is 0 Å². The summed E-state index contributed by atoms with van der Waals surface area (Å²) in [5.41, 5.74) is 2.77. The lowest BCUT2D eigenvalue weighted by Crippen LogP contribution is -2.48. The van der Waals surface area contributed by atoms with Gasteiger partial charge in [-0.25, -0.2) is 0 Å². The largest absolute Gasteiger partial charge is 0.361 e. The third-order valence-electron chi connectivity index (χ3n) is 5.27. The molecule has 1 unspecified atom stereocenters. The summed E-state index contributed by atoms with van der Waals surface area (Å²) < 4.78 is 0. The van der Waals surface area contributed by atoms with E-state index >= 15 is 0 Å². The van der Waals surface area contributed by atoms with E-state index in [1.54, 1.807) is 0 Å². The standard InChI is InChI=1S/C25H22N4O2/c26-11-12-27-25(31)23(14-17-9-10-18-5-1-2-6-19(18)13-17)29-24(30)15-20-16-28-22-8-4-3-7-21(20)22/h1-10,13,16,23,28H,12,14-15H2,(H,27,31)(H,29,30). The number of amides is 2. The van der Waals surface area contributed by atoms with Gasteiger partial charge in [-0.1, -0.05) is 60.7 Å². The van der Waals surface area contributed by atoms with Crippen LogP contribution in [0.5, 0.6) is 0 Å². The van der Waals surface area contributed by atoms with Crippen LogP contribution in [-0.4, -0.2) is 29.4 Å². The third-order valence-corrected chi connectivity index (χ3v) is 5.27. The number of nitrogens with one attached hydrogen (secondary N) is 3. The second-order valence-electron chi connectivity index (χ2n) is 7.42. The lowest BCUT2D eigenvalue weighted by molar-refractivity contribution is -0.128. The van der Waals surface area contributed by atoms with E-state index in [1.807, 2.05) is 79.0 Å². The van der Waals surface area contributed by atoms with Gasteiger partial charge >= 0.3 is 0 Å². The van der Waals surface area contributed by atoms with Crippen LogP contribution in [0.25, 0.3) is 21.7 Å². The molecule has 0 fully saturated rings. The Morgan fingerprint density at radius 1 is 1.00 bits per heavy atom. The van der Waals surface area contributed by atoms with Crippen LogP contribution < -0.4 is 10.6 Å². The molecule has 1 aromatic heterocycles. The van der Waals surface area contributed by atoms with Gasteiger partial charge in [-0.15, -0.1) is 0 Å². The number of aromatic nitrogens is 1. The molecule has 154 valence electrons. The van der Waals surface area contributed by atoms with Gasteiger partial charge in [0.25, 0.3) is 0 Å². The van der Waals surface area contributed by atoms with Crippen molar-refractivity contribution < 1.29 is 9.59 Å². The monoisotopic (exact) mass is 410 g/mol. The zero-order valence-corrected chi connectivity index (χ0v) is 16.9. The molecule has 3 N–H and O–H groups in total. The van der Waals surface area contributed by atoms with Gasteiger partial charge in [-0.2, -0.15) is 5.26 Å². The van der Waals surface area contributed by atoms with E-state index in [0.29, 0.717) is 6.42 Å². The summed E-state index contributed by atoms with van der Waals surface area (Å²) in [4.78, 5) is 28.6. The summed E-state index contributed by atoms with van der Waals surface area (Å²) in [7, 11) is 0. The summed E-state index contributed by atoms with van der Waals surface area (Å²) in [6, 6.07) is 22.9. The predicted octanol–water partition coefficient (Wildman–Crippen LogP) is 3.23. The Morgan fingerprint density at radius 3 is 2.61 bits per heavy atom. The molecule has 6 nitrogen and oxygen atoms in total. The van der Waals surface area contributed by atoms with Gasteiger partial charge in [0.1, 0.15) is 12.6 Å². The summed E-state index contributed by atoms with van der Waals surface area (Å²) >= 11 is 0. The minimum Gasteiger partial charge on any atom is -0.361 e. The summed E-state index contributed by atoms with van der Waals surface area (Å²) in [5.74, 6) is -0.621. The number of para-hydroxylation sites is 1. The zero-order valence-electron chi connectivity index (χ0n) is 16.9. The van der Waals surface area contributed by atoms with Gasteiger partial charge in [-0.3, -0.25) is 9.59 Å². The minimum absolute atomic E-state index is 0.106. The normalized spacial score (nSPS) is 11.7. The number of rotatable bonds is 7. The van der Waals surface area contributed by atoms with Gasteiger partial charge in [-0.05, 0) is 28.0 Å². The molecule has 31 heavy (non-hydrogen) atoms. The van der Waals surface area contributed by atoms with Crippen LogP contribution in [0.4, 0.5) is 0 Å². The predicted molar refractivity (Wildman–Crippen MR) is 120 cm³/mol. The van der Waals surface area contributed by atoms with Crippen molar-refractivity contribution in [1.29, 1.82) is 5.26 Å². The Labute approximate surface area is 179 Å². The Hall–Kier alpha value is -4.11. The first-order chi connectivity index (χ1) is 15.1. The van der Waals surface area contributed by atoms with Gasteiger partial charge in [0, 0.05) is 23.5 Å². The molecule has 0 aliphatic heterocycles. The molecule has 0 aliphatic carbocycles. The highest BCUT2D eigenvalue weighted by Gasteiger charge is 2.22. The molecule has 4 aromatic rings. The molecule has 0 aliphatic rings. The van der Waals surface area contributed by atoms with Crippen molar-refractivity contribution >= 4 is 33.5 Å². The lowest BCUT2D eigenvalue weighted by atomic mass is 10.0. The van der Waals surface area contributed by atoms with Gasteiger partial charge in [0.05, 0.1) is 12.5 Å². The van der Waals surface area contributed by atoms with Crippen LogP contribution in [-0.2, 0) is 22.4 Å². The Kier molecular flexibility index (Phi) is 5.95. The Bertz CT molecular complexity index is 1290. The fourth-order valence-electron chi connectivity index (χ4n) is 3.76. The third kappa shape index (κ3) is 4.73. The number of aromatic amines is 1. The highest BCUT2D eigenvalue weighted by molar-refractivity contribution is 5.92. The zero-order chi connectivity index (χ0) is 21.6. The first kappa shape index (κ1) is 20.2. The SMILES string of the molecule is N#CCNC(=O)C(Cc1ccc2ccccc2c1)NC(=O)Cc1c[nH]c2ccccc12. The van der Waals surface area contributed by atoms with Crippen LogP contribution in [0.1, 0.15) is 11.1 Å². The molecule has 0 radical (unpaired) electrons. The van der Waals surface area contributed by atoms with E-state index in [-0.39, 0.29) is 24.8 Å². The van der Waals surface area contributed by atoms with Crippen molar-refractivity contribution in [3.63, 3.8) is 0 Å². The number of fused-ring (bicyclic) bond motifs is 2. The molecule has 0 bridgehead atoms. The second kappa shape index (κ2) is 9.14. The molecule has 0 saturated heterocycles. The summed E-state index contributed by atoms with van der Waals surface area (Å²) in [6.45, 7) is -0.106. The number of H-pyrrole nitrogens is 1. The molecule has 1 heterocycles. The van der Waals surface area contributed by atoms with Crippen molar-refractivity contribution in [1.82, 2.24) is 15.6 Å². The summed E-state index contributed by atoms with van der Waals surface area (Å²) in [6.07, 6.45) is 2.31. The lowest BCUT2D eigenvalue weighted by Gasteiger charge is -2.18. The maximum atomic E-state index is 12.8. The van der Waals surface area contributed by atoms with E-state index in [9.17, 15) is 9.59 Å². The van der Waals surface area contributed by atoms with Crippen LogP contribution >= 0.6 is 0 Å². The van der Waals surface area contributed by atoms with Crippen LogP contribution in [0.3, 0.4) is 0 Å². The van der Waals surface area contributed by atoms with E-state index < -0.39 is 6.04 Å². The molecule has 6 heteroatoms. The smallest absolute Gasteiger partial charge is 0.243 e. The van der Waals surface area contributed by atoms with Crippen molar-refractivity contribution in [2.45, 2.75) is 18.9 Å². The van der Waals surface area contributed by atoms with Crippen molar-refractivity contribution in [2.75, 3.05) is 6.54 Å². The molecule has 3 aromatic carbocycles. The van der Waals surface area contributed by atoms with Crippen LogP contribution in [0.15, 0.2) is 72.9 Å². The maximum absolute atomic E-state index is 12.8.